The lowest BCUT2D eigenvalue weighted by Crippen LogP contribution is -2.47. The maximum atomic E-state index is 13.7. The van der Waals surface area contributed by atoms with Crippen molar-refractivity contribution >= 4 is 11.8 Å². The average Bonchev–Trinajstić information content (AvgIpc) is 2.73. The van der Waals surface area contributed by atoms with Crippen molar-refractivity contribution in [1.29, 1.82) is 0 Å². The first-order chi connectivity index (χ1) is 13.6. The third kappa shape index (κ3) is 4.88. The minimum atomic E-state index is -0.530. The number of halogens is 1. The minimum Gasteiger partial charge on any atom is -0.483 e. The van der Waals surface area contributed by atoms with E-state index in [1.165, 1.54) is 12.1 Å². The quantitative estimate of drug-likeness (QED) is 0.832. The van der Waals surface area contributed by atoms with Crippen LogP contribution in [0.15, 0.2) is 48.5 Å². The topological polar surface area (TPSA) is 58.6 Å². The average molecular weight is 384 g/mol. The molecule has 1 aliphatic rings. The Balaban J connectivity index is 1.46. The van der Waals surface area contributed by atoms with Gasteiger partial charge in [-0.3, -0.25) is 9.59 Å². The molecule has 0 unspecified atom stereocenters. The van der Waals surface area contributed by atoms with E-state index in [1.807, 2.05) is 31.2 Å². The lowest BCUT2D eigenvalue weighted by Gasteiger charge is -2.32. The van der Waals surface area contributed by atoms with Crippen LogP contribution in [0.25, 0.3) is 0 Å². The number of piperidine rings is 1. The number of hydrogen-bond acceptors (Lipinski definition) is 3. The molecule has 3 rings (SSSR count). The number of amides is 2. The summed E-state index contributed by atoms with van der Waals surface area (Å²) in [7, 11) is 0. The SMILES string of the molecule is CCc1ccccc1OCC(=O)N1CCC(NC(=O)c2ccccc2F)CC1. The summed E-state index contributed by atoms with van der Waals surface area (Å²) in [5, 5.41) is 2.86. The minimum absolute atomic E-state index is 0.00324. The van der Waals surface area contributed by atoms with Gasteiger partial charge in [0.25, 0.3) is 11.8 Å². The van der Waals surface area contributed by atoms with E-state index in [4.69, 9.17) is 4.74 Å². The predicted molar refractivity (Wildman–Crippen MR) is 105 cm³/mol. The van der Waals surface area contributed by atoms with Gasteiger partial charge in [-0.25, -0.2) is 4.39 Å². The van der Waals surface area contributed by atoms with Crippen LogP contribution in [0.4, 0.5) is 4.39 Å². The highest BCUT2D eigenvalue weighted by Crippen LogP contribution is 2.19. The fourth-order valence-corrected chi connectivity index (χ4v) is 3.35. The van der Waals surface area contributed by atoms with Crippen LogP contribution in [-0.4, -0.2) is 42.5 Å². The zero-order chi connectivity index (χ0) is 19.9. The van der Waals surface area contributed by atoms with Gasteiger partial charge >= 0.3 is 0 Å². The van der Waals surface area contributed by atoms with Crippen molar-refractivity contribution in [1.82, 2.24) is 10.2 Å². The first kappa shape index (κ1) is 19.9. The molecule has 2 aromatic rings. The van der Waals surface area contributed by atoms with E-state index in [1.54, 1.807) is 17.0 Å². The second-order valence-corrected chi connectivity index (χ2v) is 6.86. The van der Waals surface area contributed by atoms with E-state index in [2.05, 4.69) is 5.32 Å². The highest BCUT2D eigenvalue weighted by Gasteiger charge is 2.25. The fourth-order valence-electron chi connectivity index (χ4n) is 3.35. The van der Waals surface area contributed by atoms with Crippen molar-refractivity contribution in [2.75, 3.05) is 19.7 Å². The second kappa shape index (κ2) is 9.35. The van der Waals surface area contributed by atoms with Gasteiger partial charge in [0.1, 0.15) is 11.6 Å². The zero-order valence-electron chi connectivity index (χ0n) is 16.0. The molecule has 5 nitrogen and oxygen atoms in total. The smallest absolute Gasteiger partial charge is 0.260 e. The summed E-state index contributed by atoms with van der Waals surface area (Å²) in [6, 6.07) is 13.6. The van der Waals surface area contributed by atoms with E-state index in [-0.39, 0.29) is 24.1 Å². The number of hydrogen-bond donors (Lipinski definition) is 1. The molecule has 0 spiro atoms. The Labute approximate surface area is 164 Å². The van der Waals surface area contributed by atoms with E-state index in [0.717, 1.165) is 17.7 Å². The highest BCUT2D eigenvalue weighted by atomic mass is 19.1. The van der Waals surface area contributed by atoms with Gasteiger partial charge in [0, 0.05) is 19.1 Å². The number of benzene rings is 2. The van der Waals surface area contributed by atoms with E-state index in [9.17, 15) is 14.0 Å². The molecule has 6 heteroatoms. The first-order valence-corrected chi connectivity index (χ1v) is 9.62. The molecule has 0 aliphatic carbocycles. The Hall–Kier alpha value is -2.89. The molecule has 0 radical (unpaired) electrons. The molecule has 0 saturated carbocycles. The van der Waals surface area contributed by atoms with E-state index >= 15 is 0 Å². The molecule has 1 saturated heterocycles. The number of ether oxygens (including phenoxy) is 1. The Morgan fingerprint density at radius 3 is 2.50 bits per heavy atom. The van der Waals surface area contributed by atoms with Crippen molar-refractivity contribution in [2.45, 2.75) is 32.2 Å². The normalized spacial score (nSPS) is 14.6. The second-order valence-electron chi connectivity index (χ2n) is 6.86. The van der Waals surface area contributed by atoms with Crippen LogP contribution in [0.2, 0.25) is 0 Å². The third-order valence-corrected chi connectivity index (χ3v) is 5.01. The first-order valence-electron chi connectivity index (χ1n) is 9.62. The predicted octanol–water partition coefficient (Wildman–Crippen LogP) is 3.19. The summed E-state index contributed by atoms with van der Waals surface area (Å²) >= 11 is 0. The Bertz CT molecular complexity index is 832. The van der Waals surface area contributed by atoms with Crippen LogP contribution in [-0.2, 0) is 11.2 Å². The van der Waals surface area contributed by atoms with Crippen molar-refractivity contribution in [3.63, 3.8) is 0 Å². The Morgan fingerprint density at radius 1 is 1.11 bits per heavy atom. The van der Waals surface area contributed by atoms with Crippen LogP contribution in [0, 0.1) is 5.82 Å². The Kier molecular flexibility index (Phi) is 6.63. The summed E-state index contributed by atoms with van der Waals surface area (Å²) in [6.45, 7) is 3.13. The fraction of sp³-hybridized carbons (Fsp3) is 0.364. The highest BCUT2D eigenvalue weighted by molar-refractivity contribution is 5.94. The summed E-state index contributed by atoms with van der Waals surface area (Å²) in [5.41, 5.74) is 1.12. The molecule has 0 atom stereocenters. The molecule has 2 amide bonds. The molecule has 0 bridgehead atoms. The number of para-hydroxylation sites is 1. The van der Waals surface area contributed by atoms with Crippen LogP contribution in [0.1, 0.15) is 35.7 Å². The monoisotopic (exact) mass is 384 g/mol. The summed E-state index contributed by atoms with van der Waals surface area (Å²) in [6.07, 6.45) is 2.12. The van der Waals surface area contributed by atoms with E-state index in [0.29, 0.717) is 25.9 Å². The number of rotatable bonds is 6. The van der Waals surface area contributed by atoms with Crippen LogP contribution in [0.3, 0.4) is 0 Å². The third-order valence-electron chi connectivity index (χ3n) is 5.01. The number of carbonyl (C=O) groups excluding carboxylic acids is 2. The van der Waals surface area contributed by atoms with Gasteiger partial charge < -0.3 is 15.0 Å². The summed E-state index contributed by atoms with van der Waals surface area (Å²) in [4.78, 5) is 26.4. The molecular formula is C22H25FN2O3. The van der Waals surface area contributed by atoms with Crippen LogP contribution >= 0.6 is 0 Å². The summed E-state index contributed by atoms with van der Waals surface area (Å²) in [5.74, 6) is -0.269. The summed E-state index contributed by atoms with van der Waals surface area (Å²) < 4.78 is 19.4. The van der Waals surface area contributed by atoms with Crippen molar-refractivity contribution in [2.24, 2.45) is 0 Å². The van der Waals surface area contributed by atoms with Crippen LogP contribution < -0.4 is 10.1 Å². The van der Waals surface area contributed by atoms with Gasteiger partial charge in [-0.15, -0.1) is 0 Å². The number of nitrogens with one attached hydrogen (secondary N) is 1. The van der Waals surface area contributed by atoms with Gasteiger partial charge in [0.2, 0.25) is 0 Å². The molecule has 1 heterocycles. The molecular weight excluding hydrogens is 359 g/mol. The van der Waals surface area contributed by atoms with Gasteiger partial charge in [0.05, 0.1) is 5.56 Å². The number of nitrogens with zero attached hydrogens (tertiary/aromatic N) is 1. The maximum Gasteiger partial charge on any atom is 0.260 e. The lowest BCUT2D eigenvalue weighted by atomic mass is 10.0. The molecule has 2 aromatic carbocycles. The standard InChI is InChI=1S/C22H25FN2O3/c1-2-16-7-3-6-10-20(16)28-15-21(26)25-13-11-17(12-14-25)24-22(27)18-8-4-5-9-19(18)23/h3-10,17H,2,11-15H2,1H3,(H,24,27). The maximum absolute atomic E-state index is 13.7. The zero-order valence-corrected chi connectivity index (χ0v) is 16.0. The van der Waals surface area contributed by atoms with Crippen molar-refractivity contribution in [3.8, 4) is 5.75 Å². The number of aryl methyl sites for hydroxylation is 1. The number of carbonyl (C=O) groups is 2. The lowest BCUT2D eigenvalue weighted by molar-refractivity contribution is -0.134. The molecule has 1 aliphatic heterocycles. The van der Waals surface area contributed by atoms with Crippen molar-refractivity contribution < 1.29 is 18.7 Å². The molecule has 28 heavy (non-hydrogen) atoms. The Morgan fingerprint density at radius 2 is 1.79 bits per heavy atom. The van der Waals surface area contributed by atoms with Gasteiger partial charge in [-0.2, -0.15) is 0 Å². The molecule has 1 N–H and O–H groups in total. The largest absolute Gasteiger partial charge is 0.483 e. The molecule has 1 fully saturated rings. The van der Waals surface area contributed by atoms with Gasteiger partial charge in [-0.1, -0.05) is 37.3 Å². The van der Waals surface area contributed by atoms with Gasteiger partial charge in [-0.05, 0) is 43.0 Å². The van der Waals surface area contributed by atoms with Gasteiger partial charge in [0.15, 0.2) is 6.61 Å². The number of likely N-dealkylation sites (tertiary alicyclic amines) is 1. The van der Waals surface area contributed by atoms with Crippen LogP contribution in [0.5, 0.6) is 5.75 Å². The van der Waals surface area contributed by atoms with Crippen molar-refractivity contribution in [3.05, 3.63) is 65.5 Å². The molecule has 148 valence electrons. The molecule has 0 aromatic heterocycles. The van der Waals surface area contributed by atoms with E-state index < -0.39 is 11.7 Å².